The van der Waals surface area contributed by atoms with Gasteiger partial charge in [-0.15, -0.1) is 0 Å². The number of rotatable bonds is 9. The average molecular weight is 410 g/mol. The summed E-state index contributed by atoms with van der Waals surface area (Å²) in [7, 11) is 1.65. The molecule has 2 aromatic carbocycles. The van der Waals surface area contributed by atoms with E-state index < -0.39 is 5.82 Å². The molecule has 0 aliphatic carbocycles. The number of amides is 1. The quantitative estimate of drug-likeness (QED) is 0.588. The first-order valence-electron chi connectivity index (χ1n) is 9.17. The second kappa shape index (κ2) is 10.2. The van der Waals surface area contributed by atoms with Crippen LogP contribution >= 0.6 is 11.6 Å². The maximum Gasteiger partial charge on any atom is 0.254 e. The summed E-state index contributed by atoms with van der Waals surface area (Å²) in [5.41, 5.74) is 1.05. The minimum absolute atomic E-state index is 0.235. The van der Waals surface area contributed by atoms with Crippen molar-refractivity contribution in [3.63, 3.8) is 0 Å². The van der Waals surface area contributed by atoms with Gasteiger partial charge in [-0.25, -0.2) is 4.39 Å². The number of benzene rings is 2. The molecule has 28 heavy (non-hydrogen) atoms. The van der Waals surface area contributed by atoms with Crippen LogP contribution in [0.5, 0.6) is 17.2 Å². The van der Waals surface area contributed by atoms with Crippen LogP contribution in [0.1, 0.15) is 36.7 Å². The summed E-state index contributed by atoms with van der Waals surface area (Å²) in [6.07, 6.45) is 0. The summed E-state index contributed by atoms with van der Waals surface area (Å²) in [5.74, 6) is 0.716. The Bertz CT molecular complexity index is 801. The van der Waals surface area contributed by atoms with Crippen LogP contribution in [0.2, 0.25) is 5.02 Å². The van der Waals surface area contributed by atoms with Gasteiger partial charge in [0, 0.05) is 24.2 Å². The molecule has 1 amide bonds. The van der Waals surface area contributed by atoms with Gasteiger partial charge in [0.05, 0.1) is 19.8 Å². The van der Waals surface area contributed by atoms with E-state index in [1.807, 2.05) is 20.8 Å². The number of hydrogen-bond donors (Lipinski definition) is 0. The minimum atomic E-state index is -0.419. The monoisotopic (exact) mass is 409 g/mol. The lowest BCUT2D eigenvalue weighted by Gasteiger charge is -2.21. The molecule has 2 aromatic rings. The fraction of sp³-hybridized carbons (Fsp3) is 0.381. The predicted molar refractivity (Wildman–Crippen MR) is 107 cm³/mol. The van der Waals surface area contributed by atoms with Gasteiger partial charge in [0.25, 0.3) is 5.91 Å². The first-order valence-corrected chi connectivity index (χ1v) is 9.54. The standard InChI is InChI=1S/C21H25ClFNO4/c1-5-26-18-10-15(11-19(27-6-2)20(18)28-7-3)21(25)24(4)13-14-8-9-16(23)12-17(14)22/h8-12H,5-7,13H2,1-4H3. The molecule has 0 saturated heterocycles. The van der Waals surface area contributed by atoms with Crippen LogP contribution in [0.25, 0.3) is 0 Å². The number of ether oxygens (including phenoxy) is 3. The van der Waals surface area contributed by atoms with Crippen LogP contribution in [0, 0.1) is 5.82 Å². The predicted octanol–water partition coefficient (Wildman–Crippen LogP) is 4.95. The zero-order chi connectivity index (χ0) is 20.7. The van der Waals surface area contributed by atoms with E-state index in [0.29, 0.717) is 48.2 Å². The van der Waals surface area contributed by atoms with E-state index in [1.165, 1.54) is 17.0 Å². The maximum atomic E-state index is 13.2. The molecular formula is C21H25ClFNO4. The van der Waals surface area contributed by atoms with E-state index in [4.69, 9.17) is 25.8 Å². The molecule has 152 valence electrons. The van der Waals surface area contributed by atoms with Crippen molar-refractivity contribution in [2.24, 2.45) is 0 Å². The molecule has 0 bridgehead atoms. The summed E-state index contributed by atoms with van der Waals surface area (Å²) >= 11 is 6.08. The Balaban J connectivity index is 2.34. The molecule has 0 saturated carbocycles. The normalized spacial score (nSPS) is 10.5. The van der Waals surface area contributed by atoms with Gasteiger partial charge in [-0.05, 0) is 50.6 Å². The Hall–Kier alpha value is -2.47. The maximum absolute atomic E-state index is 13.2. The number of hydrogen-bond acceptors (Lipinski definition) is 4. The topological polar surface area (TPSA) is 48.0 Å². The first-order chi connectivity index (χ1) is 13.4. The lowest BCUT2D eigenvalue weighted by molar-refractivity contribution is 0.0784. The molecule has 0 aromatic heterocycles. The molecule has 0 fully saturated rings. The summed E-state index contributed by atoms with van der Waals surface area (Å²) in [6.45, 7) is 7.09. The van der Waals surface area contributed by atoms with Crippen LogP contribution in [0.15, 0.2) is 30.3 Å². The van der Waals surface area contributed by atoms with Gasteiger partial charge in [0.2, 0.25) is 5.75 Å². The van der Waals surface area contributed by atoms with Crippen LogP contribution < -0.4 is 14.2 Å². The SMILES string of the molecule is CCOc1cc(C(=O)N(C)Cc2ccc(F)cc2Cl)cc(OCC)c1OCC. The summed E-state index contributed by atoms with van der Waals surface area (Å²) in [4.78, 5) is 14.5. The molecular weight excluding hydrogens is 385 g/mol. The van der Waals surface area contributed by atoms with Crippen LogP contribution in [0.4, 0.5) is 4.39 Å². The van der Waals surface area contributed by atoms with E-state index in [-0.39, 0.29) is 17.5 Å². The van der Waals surface area contributed by atoms with Crippen molar-refractivity contribution < 1.29 is 23.4 Å². The third-order valence-corrected chi connectivity index (χ3v) is 4.28. The average Bonchev–Trinajstić information content (AvgIpc) is 2.66. The molecule has 0 aliphatic heterocycles. The Kier molecular flexibility index (Phi) is 7.93. The molecule has 2 rings (SSSR count). The van der Waals surface area contributed by atoms with E-state index in [9.17, 15) is 9.18 Å². The Morgan fingerprint density at radius 1 is 1.00 bits per heavy atom. The highest BCUT2D eigenvalue weighted by atomic mass is 35.5. The van der Waals surface area contributed by atoms with Crippen molar-refractivity contribution in [3.8, 4) is 17.2 Å². The molecule has 0 aliphatic rings. The van der Waals surface area contributed by atoms with E-state index in [2.05, 4.69) is 0 Å². The van der Waals surface area contributed by atoms with Crippen LogP contribution in [-0.2, 0) is 6.54 Å². The van der Waals surface area contributed by atoms with E-state index >= 15 is 0 Å². The second-order valence-corrected chi connectivity index (χ2v) is 6.40. The van der Waals surface area contributed by atoms with Crippen molar-refractivity contribution in [1.29, 1.82) is 0 Å². The van der Waals surface area contributed by atoms with Crippen molar-refractivity contribution in [2.75, 3.05) is 26.9 Å². The third kappa shape index (κ3) is 5.29. The molecule has 0 atom stereocenters. The Morgan fingerprint density at radius 3 is 2.07 bits per heavy atom. The van der Waals surface area contributed by atoms with Gasteiger partial charge in [-0.1, -0.05) is 17.7 Å². The molecule has 0 heterocycles. The van der Waals surface area contributed by atoms with Gasteiger partial charge < -0.3 is 19.1 Å². The molecule has 0 spiro atoms. The molecule has 0 radical (unpaired) electrons. The molecule has 7 heteroatoms. The fourth-order valence-electron chi connectivity index (χ4n) is 2.71. The van der Waals surface area contributed by atoms with Gasteiger partial charge in [0.15, 0.2) is 11.5 Å². The van der Waals surface area contributed by atoms with Crippen molar-refractivity contribution in [3.05, 3.63) is 52.3 Å². The lowest BCUT2D eigenvalue weighted by atomic mass is 10.1. The van der Waals surface area contributed by atoms with Gasteiger partial charge >= 0.3 is 0 Å². The van der Waals surface area contributed by atoms with Crippen molar-refractivity contribution >= 4 is 17.5 Å². The minimum Gasteiger partial charge on any atom is -0.490 e. The Labute approximate surface area is 170 Å². The second-order valence-electron chi connectivity index (χ2n) is 6.00. The molecule has 0 unspecified atom stereocenters. The Morgan fingerprint density at radius 2 is 1.57 bits per heavy atom. The number of carbonyl (C=O) groups is 1. The fourth-order valence-corrected chi connectivity index (χ4v) is 2.94. The smallest absolute Gasteiger partial charge is 0.254 e. The summed E-state index contributed by atoms with van der Waals surface area (Å²) < 4.78 is 30.2. The van der Waals surface area contributed by atoms with Crippen LogP contribution in [-0.4, -0.2) is 37.7 Å². The van der Waals surface area contributed by atoms with E-state index in [1.54, 1.807) is 25.2 Å². The number of carbonyl (C=O) groups excluding carboxylic acids is 1. The zero-order valence-corrected chi connectivity index (χ0v) is 17.3. The van der Waals surface area contributed by atoms with Gasteiger partial charge in [-0.2, -0.15) is 0 Å². The largest absolute Gasteiger partial charge is 0.490 e. The third-order valence-electron chi connectivity index (χ3n) is 3.93. The number of nitrogens with zero attached hydrogens (tertiary/aromatic N) is 1. The van der Waals surface area contributed by atoms with E-state index in [0.717, 1.165) is 0 Å². The van der Waals surface area contributed by atoms with Crippen molar-refractivity contribution in [2.45, 2.75) is 27.3 Å². The van der Waals surface area contributed by atoms with Gasteiger partial charge in [-0.3, -0.25) is 4.79 Å². The summed E-state index contributed by atoms with van der Waals surface area (Å²) in [6, 6.07) is 7.39. The number of halogens is 2. The first kappa shape index (κ1) is 21.8. The van der Waals surface area contributed by atoms with Gasteiger partial charge in [0.1, 0.15) is 5.82 Å². The zero-order valence-electron chi connectivity index (χ0n) is 16.6. The van der Waals surface area contributed by atoms with Crippen LogP contribution in [0.3, 0.4) is 0 Å². The molecule has 0 N–H and O–H groups in total. The highest BCUT2D eigenvalue weighted by Crippen LogP contribution is 2.39. The molecule has 5 nitrogen and oxygen atoms in total. The van der Waals surface area contributed by atoms with Crippen molar-refractivity contribution in [1.82, 2.24) is 4.90 Å². The summed E-state index contributed by atoms with van der Waals surface area (Å²) in [5, 5.41) is 0.274. The highest BCUT2D eigenvalue weighted by Gasteiger charge is 2.21. The lowest BCUT2D eigenvalue weighted by Crippen LogP contribution is -2.26. The highest BCUT2D eigenvalue weighted by molar-refractivity contribution is 6.31.